The summed E-state index contributed by atoms with van der Waals surface area (Å²) in [5.41, 5.74) is 16.4. The minimum atomic E-state index is 1.08. The first-order valence-electron chi connectivity index (χ1n) is 23.4. The minimum absolute atomic E-state index is 1.08. The van der Waals surface area contributed by atoms with Crippen LogP contribution in [0.25, 0.3) is 104 Å². The van der Waals surface area contributed by atoms with Gasteiger partial charge in [0, 0.05) is 39.1 Å². The highest BCUT2D eigenvalue weighted by molar-refractivity contribution is 6.22. The van der Waals surface area contributed by atoms with E-state index >= 15 is 0 Å². The Hall–Kier alpha value is -8.98. The van der Waals surface area contributed by atoms with E-state index in [2.05, 4.69) is 276 Å². The third-order valence-corrected chi connectivity index (χ3v) is 13.7. The largest absolute Gasteiger partial charge is 0.310 e. The second-order valence-corrected chi connectivity index (χ2v) is 17.6. The Kier molecular flexibility index (Phi) is 9.54. The maximum absolute atomic E-state index is 2.42. The Morgan fingerprint density at radius 1 is 0.265 bits per heavy atom. The molecule has 0 saturated heterocycles. The predicted molar refractivity (Wildman–Crippen MR) is 290 cm³/mol. The van der Waals surface area contributed by atoms with Crippen molar-refractivity contribution in [3.8, 4) is 50.2 Å². The number of rotatable bonds is 8. The summed E-state index contributed by atoms with van der Waals surface area (Å²) in [7, 11) is 0. The van der Waals surface area contributed by atoms with Gasteiger partial charge in [-0.05, 0) is 132 Å². The number of anilines is 3. The SMILES string of the molecule is c1ccc(-c2c(-c3ccccc3)c3cc(N(c4ccc(-c5ccc6ccccc6c5)cc4)c4ccc(-c5cccc6c7ccccc7n(-c7ccccc7)c56)cc4)ccc3c3ccccc23)cc1. The van der Waals surface area contributed by atoms with Crippen LogP contribution in [0.1, 0.15) is 0 Å². The molecule has 0 aliphatic rings. The Morgan fingerprint density at radius 3 is 1.49 bits per heavy atom. The van der Waals surface area contributed by atoms with Crippen molar-refractivity contribution in [1.29, 1.82) is 0 Å². The standard InChI is InChI=1S/C66H44N2/c1-4-18-48(19-5-1)64-60-27-13-12-25-57(60)58-42-41-55(44-62(58)65(64)49-20-6-2-7-21-49)67(53-37-33-46(34-38-53)51-32-31-45-17-10-11-22-50(45)43-51)54-39-35-47(36-40-54)56-28-16-29-61-59-26-14-15-30-63(59)68(66(56)61)52-23-8-3-9-24-52/h1-44H. The molecule has 0 unspecified atom stereocenters. The van der Waals surface area contributed by atoms with Crippen molar-refractivity contribution in [2.24, 2.45) is 0 Å². The normalized spacial score (nSPS) is 11.5. The fourth-order valence-corrected chi connectivity index (χ4v) is 10.6. The summed E-state index contributed by atoms with van der Waals surface area (Å²) in [4.78, 5) is 2.42. The molecule has 13 aromatic rings. The van der Waals surface area contributed by atoms with Crippen LogP contribution in [-0.2, 0) is 0 Å². The molecule has 1 heterocycles. The Labute approximate surface area is 395 Å². The van der Waals surface area contributed by atoms with Gasteiger partial charge in [-0.2, -0.15) is 0 Å². The van der Waals surface area contributed by atoms with E-state index in [1.807, 2.05) is 0 Å². The number of para-hydroxylation sites is 3. The molecule has 1 aromatic heterocycles. The van der Waals surface area contributed by atoms with Crippen LogP contribution in [-0.4, -0.2) is 4.57 Å². The van der Waals surface area contributed by atoms with Crippen molar-refractivity contribution in [2.75, 3.05) is 4.90 Å². The first-order valence-corrected chi connectivity index (χ1v) is 23.4. The van der Waals surface area contributed by atoms with Crippen molar-refractivity contribution in [2.45, 2.75) is 0 Å². The summed E-state index contributed by atoms with van der Waals surface area (Å²) in [6, 6.07) is 97.5. The topological polar surface area (TPSA) is 8.17 Å². The van der Waals surface area contributed by atoms with E-state index in [-0.39, 0.29) is 0 Å². The lowest BCUT2D eigenvalue weighted by Gasteiger charge is -2.27. The Balaban J connectivity index is 1.01. The summed E-state index contributed by atoms with van der Waals surface area (Å²) < 4.78 is 2.42. The van der Waals surface area contributed by atoms with Crippen molar-refractivity contribution in [3.05, 3.63) is 267 Å². The second kappa shape index (κ2) is 16.5. The Bertz CT molecular complexity index is 3980. The number of hydrogen-bond donors (Lipinski definition) is 0. The number of nitrogens with zero attached hydrogens (tertiary/aromatic N) is 2. The van der Waals surface area contributed by atoms with Crippen LogP contribution in [0.5, 0.6) is 0 Å². The van der Waals surface area contributed by atoms with Gasteiger partial charge in [0.15, 0.2) is 0 Å². The monoisotopic (exact) mass is 864 g/mol. The van der Waals surface area contributed by atoms with Gasteiger partial charge in [-0.25, -0.2) is 0 Å². The molecule has 0 fully saturated rings. The number of hydrogen-bond acceptors (Lipinski definition) is 1. The molecule has 2 heteroatoms. The van der Waals surface area contributed by atoms with Crippen LogP contribution >= 0.6 is 0 Å². The minimum Gasteiger partial charge on any atom is -0.310 e. The summed E-state index contributed by atoms with van der Waals surface area (Å²) >= 11 is 0. The molecule has 0 spiro atoms. The predicted octanol–water partition coefficient (Wildman–Crippen LogP) is 18.4. The summed E-state index contributed by atoms with van der Waals surface area (Å²) in [5, 5.41) is 9.90. The van der Waals surface area contributed by atoms with Crippen LogP contribution < -0.4 is 4.90 Å². The molecule has 2 nitrogen and oxygen atoms in total. The maximum Gasteiger partial charge on any atom is 0.0619 e. The summed E-state index contributed by atoms with van der Waals surface area (Å²) in [6.45, 7) is 0. The zero-order chi connectivity index (χ0) is 45.0. The van der Waals surface area contributed by atoms with E-state index in [4.69, 9.17) is 0 Å². The molecule has 0 atom stereocenters. The maximum atomic E-state index is 2.42. The molecule has 0 N–H and O–H groups in total. The highest BCUT2D eigenvalue weighted by atomic mass is 15.1. The molecule has 0 aliphatic carbocycles. The summed E-state index contributed by atoms with van der Waals surface area (Å²) in [6.07, 6.45) is 0. The highest BCUT2D eigenvalue weighted by Crippen LogP contribution is 2.47. The van der Waals surface area contributed by atoms with Crippen LogP contribution in [0, 0.1) is 0 Å². The Morgan fingerprint density at radius 2 is 0.779 bits per heavy atom. The smallest absolute Gasteiger partial charge is 0.0619 e. The van der Waals surface area contributed by atoms with E-state index in [0.29, 0.717) is 0 Å². The van der Waals surface area contributed by atoms with Gasteiger partial charge in [0.1, 0.15) is 0 Å². The van der Waals surface area contributed by atoms with Gasteiger partial charge in [-0.15, -0.1) is 0 Å². The van der Waals surface area contributed by atoms with Crippen LogP contribution in [0.4, 0.5) is 17.1 Å². The number of fused-ring (bicyclic) bond motifs is 7. The molecule has 12 aromatic carbocycles. The van der Waals surface area contributed by atoms with Crippen molar-refractivity contribution >= 4 is 71.2 Å². The van der Waals surface area contributed by atoms with Gasteiger partial charge in [0.25, 0.3) is 0 Å². The lowest BCUT2D eigenvalue weighted by atomic mass is 9.85. The van der Waals surface area contributed by atoms with E-state index < -0.39 is 0 Å². The zero-order valence-corrected chi connectivity index (χ0v) is 37.3. The summed E-state index contributed by atoms with van der Waals surface area (Å²) in [5.74, 6) is 0. The third kappa shape index (κ3) is 6.65. The van der Waals surface area contributed by atoms with Gasteiger partial charge in [-0.1, -0.05) is 206 Å². The average molecular weight is 865 g/mol. The fraction of sp³-hybridized carbons (Fsp3) is 0. The molecular formula is C66H44N2. The van der Waals surface area contributed by atoms with Gasteiger partial charge in [-0.3, -0.25) is 0 Å². The first kappa shape index (κ1) is 39.4. The average Bonchev–Trinajstić information content (AvgIpc) is 3.76. The molecule has 0 bridgehead atoms. The van der Waals surface area contributed by atoms with E-state index in [1.54, 1.807) is 0 Å². The van der Waals surface area contributed by atoms with Gasteiger partial charge in [0.05, 0.1) is 11.0 Å². The lowest BCUT2D eigenvalue weighted by Crippen LogP contribution is -2.10. The molecule has 68 heavy (non-hydrogen) atoms. The van der Waals surface area contributed by atoms with Gasteiger partial charge in [0.2, 0.25) is 0 Å². The van der Waals surface area contributed by atoms with Crippen LogP contribution in [0.15, 0.2) is 267 Å². The van der Waals surface area contributed by atoms with Crippen molar-refractivity contribution in [3.63, 3.8) is 0 Å². The fourth-order valence-electron chi connectivity index (χ4n) is 10.6. The molecule has 0 amide bonds. The second-order valence-electron chi connectivity index (χ2n) is 17.6. The third-order valence-electron chi connectivity index (χ3n) is 13.7. The molecule has 13 rings (SSSR count). The number of benzene rings is 12. The van der Waals surface area contributed by atoms with Gasteiger partial charge >= 0.3 is 0 Å². The van der Waals surface area contributed by atoms with E-state index in [0.717, 1.165) is 28.3 Å². The van der Waals surface area contributed by atoms with Crippen molar-refractivity contribution in [1.82, 2.24) is 4.57 Å². The van der Waals surface area contributed by atoms with Crippen molar-refractivity contribution < 1.29 is 0 Å². The highest BCUT2D eigenvalue weighted by Gasteiger charge is 2.22. The van der Waals surface area contributed by atoms with E-state index in [1.165, 1.54) is 93.1 Å². The van der Waals surface area contributed by atoms with E-state index in [9.17, 15) is 0 Å². The number of aromatic nitrogens is 1. The molecule has 0 radical (unpaired) electrons. The van der Waals surface area contributed by atoms with Gasteiger partial charge < -0.3 is 9.47 Å². The van der Waals surface area contributed by atoms with Crippen LogP contribution in [0.3, 0.4) is 0 Å². The lowest BCUT2D eigenvalue weighted by molar-refractivity contribution is 1.18. The molecular weight excluding hydrogens is 821 g/mol. The quantitative estimate of drug-likeness (QED) is 0.138. The first-order chi connectivity index (χ1) is 33.7. The molecule has 0 saturated carbocycles. The molecule has 0 aliphatic heterocycles. The molecule has 318 valence electrons. The zero-order valence-electron chi connectivity index (χ0n) is 37.3. The van der Waals surface area contributed by atoms with Crippen LogP contribution in [0.2, 0.25) is 0 Å².